The standard InChI is InChI=1S/C11H17Cl2N2.ClH/c1-11(2,15(12)13)7-4-10-5-8-14(3)9-6-10;/h5-6,8-9H,4,7H2,1-3H3;1H/q+1;/p-1. The molecule has 0 radical (unpaired) electrons. The van der Waals surface area contributed by atoms with Crippen LogP contribution in [0.3, 0.4) is 0 Å². The number of aryl methyl sites for hydroxylation is 2. The third kappa shape index (κ3) is 4.88. The molecular weight excluding hydrogens is 266 g/mol. The van der Waals surface area contributed by atoms with Crippen molar-refractivity contribution in [1.82, 2.24) is 3.94 Å². The highest BCUT2D eigenvalue weighted by molar-refractivity contribution is 6.34. The van der Waals surface area contributed by atoms with Gasteiger partial charge in [-0.2, -0.15) is 0 Å². The third-order valence-corrected chi connectivity index (χ3v) is 3.45. The van der Waals surface area contributed by atoms with Crippen LogP contribution < -0.4 is 17.0 Å². The zero-order chi connectivity index (χ0) is 11.5. The predicted molar refractivity (Wildman–Crippen MR) is 63.6 cm³/mol. The fourth-order valence-corrected chi connectivity index (χ4v) is 1.40. The van der Waals surface area contributed by atoms with Gasteiger partial charge in [0.15, 0.2) is 12.4 Å². The van der Waals surface area contributed by atoms with Crippen molar-refractivity contribution in [3.8, 4) is 0 Å². The lowest BCUT2D eigenvalue weighted by Crippen LogP contribution is -3.00. The van der Waals surface area contributed by atoms with Crippen LogP contribution in [0, 0.1) is 0 Å². The SMILES string of the molecule is C[n+]1ccc(CCC(C)(C)N(Cl)Cl)cc1.[Cl-]. The molecule has 0 fully saturated rings. The van der Waals surface area contributed by atoms with Crippen LogP contribution in [0.4, 0.5) is 0 Å². The van der Waals surface area contributed by atoms with Gasteiger partial charge < -0.3 is 12.4 Å². The summed E-state index contributed by atoms with van der Waals surface area (Å²) < 4.78 is 3.25. The van der Waals surface area contributed by atoms with Crippen LogP contribution in [0.5, 0.6) is 0 Å². The Balaban J connectivity index is 0.00000225. The van der Waals surface area contributed by atoms with E-state index in [1.807, 2.05) is 37.9 Å². The summed E-state index contributed by atoms with van der Waals surface area (Å²) in [7, 11) is 2.01. The zero-order valence-electron chi connectivity index (χ0n) is 9.75. The van der Waals surface area contributed by atoms with Crippen LogP contribution in [0.1, 0.15) is 25.8 Å². The van der Waals surface area contributed by atoms with Crippen LogP contribution in [0.2, 0.25) is 0 Å². The summed E-state index contributed by atoms with van der Waals surface area (Å²) >= 11 is 11.5. The molecule has 0 amide bonds. The van der Waals surface area contributed by atoms with Crippen molar-refractivity contribution in [1.29, 1.82) is 0 Å². The minimum Gasteiger partial charge on any atom is -1.00 e. The molecule has 0 N–H and O–H groups in total. The largest absolute Gasteiger partial charge is 1.00 e. The first kappa shape index (κ1) is 16.0. The average molecular weight is 284 g/mol. The zero-order valence-corrected chi connectivity index (χ0v) is 12.0. The molecule has 0 aliphatic carbocycles. The van der Waals surface area contributed by atoms with Gasteiger partial charge in [0.1, 0.15) is 7.05 Å². The predicted octanol–water partition coefficient (Wildman–Crippen LogP) is -0.164. The Labute approximate surface area is 114 Å². The minimum atomic E-state index is -0.193. The molecule has 5 heteroatoms. The van der Waals surface area contributed by atoms with E-state index in [0.717, 1.165) is 12.8 Å². The van der Waals surface area contributed by atoms with E-state index in [1.165, 1.54) is 9.50 Å². The molecule has 1 aromatic rings. The minimum absolute atomic E-state index is 0. The van der Waals surface area contributed by atoms with Crippen molar-refractivity contribution in [3.05, 3.63) is 30.1 Å². The first-order valence-electron chi connectivity index (χ1n) is 4.98. The number of rotatable bonds is 4. The normalized spacial score (nSPS) is 11.4. The first-order chi connectivity index (χ1) is 6.92. The number of halogens is 3. The van der Waals surface area contributed by atoms with Crippen LogP contribution in [0.25, 0.3) is 0 Å². The molecule has 92 valence electrons. The average Bonchev–Trinajstić information content (AvgIpc) is 2.17. The van der Waals surface area contributed by atoms with Gasteiger partial charge in [-0.1, -0.05) is 0 Å². The molecule has 1 aromatic heterocycles. The van der Waals surface area contributed by atoms with E-state index in [2.05, 4.69) is 12.1 Å². The van der Waals surface area contributed by atoms with Gasteiger partial charge in [-0.25, -0.2) is 4.57 Å². The number of nitrogens with zero attached hydrogens (tertiary/aromatic N) is 2. The summed E-state index contributed by atoms with van der Waals surface area (Å²) in [6.07, 6.45) is 5.99. The summed E-state index contributed by atoms with van der Waals surface area (Å²) in [6, 6.07) is 4.23. The Morgan fingerprint density at radius 3 is 2.19 bits per heavy atom. The van der Waals surface area contributed by atoms with Crippen LogP contribution >= 0.6 is 23.6 Å². The fourth-order valence-electron chi connectivity index (χ4n) is 1.23. The van der Waals surface area contributed by atoms with Gasteiger partial charge in [0.2, 0.25) is 0 Å². The van der Waals surface area contributed by atoms with Gasteiger partial charge in [0, 0.05) is 17.7 Å². The second-order valence-corrected chi connectivity index (χ2v) is 5.27. The highest BCUT2D eigenvalue weighted by Crippen LogP contribution is 2.24. The van der Waals surface area contributed by atoms with Crippen molar-refractivity contribution in [2.45, 2.75) is 32.2 Å². The molecule has 1 heterocycles. The molecule has 0 atom stereocenters. The number of hydrogen-bond donors (Lipinski definition) is 0. The Morgan fingerprint density at radius 1 is 1.25 bits per heavy atom. The van der Waals surface area contributed by atoms with Gasteiger partial charge >= 0.3 is 0 Å². The van der Waals surface area contributed by atoms with Gasteiger partial charge in [-0.05, 0) is 55.8 Å². The van der Waals surface area contributed by atoms with Crippen LogP contribution in [-0.4, -0.2) is 9.48 Å². The smallest absolute Gasteiger partial charge is 0.168 e. The molecule has 0 spiro atoms. The van der Waals surface area contributed by atoms with Crippen LogP contribution in [0.15, 0.2) is 24.5 Å². The van der Waals surface area contributed by atoms with Crippen molar-refractivity contribution < 1.29 is 17.0 Å². The van der Waals surface area contributed by atoms with E-state index in [0.29, 0.717) is 0 Å². The Kier molecular flexibility index (Phi) is 6.64. The summed E-state index contributed by atoms with van der Waals surface area (Å²) in [5, 5.41) is 0. The molecule has 0 saturated carbocycles. The van der Waals surface area contributed by atoms with Crippen molar-refractivity contribution in [3.63, 3.8) is 0 Å². The molecule has 0 aromatic carbocycles. The second-order valence-electron chi connectivity index (χ2n) is 4.42. The number of pyridine rings is 1. The maximum atomic E-state index is 5.76. The van der Waals surface area contributed by atoms with E-state index in [9.17, 15) is 0 Å². The molecular formula is C11H17Cl3N2. The molecule has 0 aliphatic rings. The third-order valence-electron chi connectivity index (χ3n) is 2.53. The summed E-state index contributed by atoms with van der Waals surface area (Å²) in [6.45, 7) is 4.05. The lowest BCUT2D eigenvalue weighted by molar-refractivity contribution is -0.671. The van der Waals surface area contributed by atoms with E-state index < -0.39 is 0 Å². The van der Waals surface area contributed by atoms with Crippen LogP contribution in [-0.2, 0) is 13.5 Å². The van der Waals surface area contributed by atoms with Gasteiger partial charge in [0.25, 0.3) is 0 Å². The van der Waals surface area contributed by atoms with Gasteiger partial charge in [0.05, 0.1) is 0 Å². The van der Waals surface area contributed by atoms with Crippen molar-refractivity contribution in [2.24, 2.45) is 7.05 Å². The maximum absolute atomic E-state index is 5.76. The highest BCUT2D eigenvalue weighted by atomic mass is 35.5. The summed E-state index contributed by atoms with van der Waals surface area (Å²) in [5.41, 5.74) is 1.11. The van der Waals surface area contributed by atoms with Crippen molar-refractivity contribution >= 4 is 23.6 Å². The Bertz CT molecular complexity index is 310. The monoisotopic (exact) mass is 282 g/mol. The number of aromatic nitrogens is 1. The lowest BCUT2D eigenvalue weighted by atomic mass is 9.97. The Morgan fingerprint density at radius 2 is 1.75 bits per heavy atom. The highest BCUT2D eigenvalue weighted by Gasteiger charge is 2.23. The van der Waals surface area contributed by atoms with E-state index >= 15 is 0 Å². The lowest BCUT2D eigenvalue weighted by Gasteiger charge is -2.27. The first-order valence-corrected chi connectivity index (χ1v) is 5.65. The van der Waals surface area contributed by atoms with Crippen molar-refractivity contribution in [2.75, 3.05) is 0 Å². The van der Waals surface area contributed by atoms with E-state index in [4.69, 9.17) is 23.6 Å². The fraction of sp³-hybridized carbons (Fsp3) is 0.545. The second kappa shape index (κ2) is 6.65. The maximum Gasteiger partial charge on any atom is 0.168 e. The molecule has 2 nitrogen and oxygen atoms in total. The molecule has 0 bridgehead atoms. The molecule has 0 aliphatic heterocycles. The Hall–Kier alpha value is -0.0200. The molecule has 1 rings (SSSR count). The summed E-state index contributed by atoms with van der Waals surface area (Å²) in [5.74, 6) is 0. The van der Waals surface area contributed by atoms with Gasteiger partial charge in [-0.15, -0.1) is 3.94 Å². The van der Waals surface area contributed by atoms with E-state index in [1.54, 1.807) is 0 Å². The molecule has 0 unspecified atom stereocenters. The quantitative estimate of drug-likeness (QED) is 0.550. The van der Waals surface area contributed by atoms with Gasteiger partial charge in [-0.3, -0.25) is 0 Å². The number of hydrogen-bond acceptors (Lipinski definition) is 1. The molecule has 0 saturated heterocycles. The topological polar surface area (TPSA) is 7.12 Å². The van der Waals surface area contributed by atoms with E-state index in [-0.39, 0.29) is 17.9 Å². The molecule has 16 heavy (non-hydrogen) atoms. The summed E-state index contributed by atoms with van der Waals surface area (Å²) in [4.78, 5) is 0.